The number of aromatic hydroxyl groups is 2. The van der Waals surface area contributed by atoms with Crippen LogP contribution in [0.1, 0.15) is 64.5 Å². The van der Waals surface area contributed by atoms with Crippen LogP contribution in [0.5, 0.6) is 34.5 Å². The Morgan fingerprint density at radius 1 is 0.639 bits per heavy atom. The molecule has 0 aliphatic carbocycles. The van der Waals surface area contributed by atoms with E-state index in [1.165, 1.54) is 24.3 Å². The van der Waals surface area contributed by atoms with Crippen molar-refractivity contribution in [1.82, 2.24) is 9.97 Å². The molecule has 72 heavy (non-hydrogen) atoms. The molecule has 0 bridgehead atoms. The number of aldehydes is 2. The van der Waals surface area contributed by atoms with Crippen LogP contribution in [0, 0.1) is 0 Å². The quantitative estimate of drug-likeness (QED) is 0.0369. The van der Waals surface area contributed by atoms with Crippen LogP contribution in [0.3, 0.4) is 0 Å². The van der Waals surface area contributed by atoms with E-state index < -0.39 is 14.3 Å². The molecule has 0 amide bonds. The van der Waals surface area contributed by atoms with Crippen molar-refractivity contribution in [3.63, 3.8) is 0 Å². The van der Waals surface area contributed by atoms with Gasteiger partial charge in [0, 0.05) is 49.9 Å². The summed E-state index contributed by atoms with van der Waals surface area (Å²) in [6.07, 6.45) is 4.88. The van der Waals surface area contributed by atoms with Crippen molar-refractivity contribution < 1.29 is 169 Å². The van der Waals surface area contributed by atoms with Gasteiger partial charge in [-0.3, -0.25) is 33.1 Å². The maximum Gasteiger partial charge on any atom is 1.00 e. The maximum absolute atomic E-state index is 10.4. The van der Waals surface area contributed by atoms with Crippen LogP contribution in [0.4, 0.5) is 8.78 Å². The average Bonchev–Trinajstić information content (AvgIpc) is 3.35. The number of phenols is 2. The largest absolute Gasteiger partial charge is 1.00 e. The third-order valence-corrected chi connectivity index (χ3v) is 9.86. The fourth-order valence-electron chi connectivity index (χ4n) is 4.20. The standard InChI is InChI=1S/C14H13BrClNO2.C9H9ClO2.C8H9ClO2.C7H5ClO2.C6H5Br2N.2CH3F.CH2O3.CH4.2K.H/c1-2-18-12-5-6-14(13(16)7-12)19-9-11-4-3-10(15)8-17-11;1-2-12-8-4-3-7(6-11)9(10)5-8;1-2-11-6-3-4-8(10)7(9)5-6;8-7-3-6(10)2-1-5(7)4-9;7-3-6-2-1-5(8)4-9-6;2*1-2;2-1-4-3;;;;/h3-8H,2,9H2,1H3;3-6H,2H2,1H3;3-5,10H,2H2,1H3;1-4,10H;1-2,4H,3H2;2*1H3;1,3H;1H4;;;/q;;;;;;;;;2*+1;-1/p-1/i;;;;;2*1D;;;;;. The molecule has 0 saturated carbocycles. The minimum absolute atomic E-state index is 0. The Hall–Kier alpha value is -1.52. The number of hydrogen-bond donors (Lipinski definition) is 2. The van der Waals surface area contributed by atoms with Gasteiger partial charge in [-0.25, -0.2) is 0 Å². The Morgan fingerprint density at radius 3 is 1.40 bits per heavy atom. The van der Waals surface area contributed by atoms with Crippen LogP contribution < -0.4 is 127 Å². The number of nitrogens with zero attached hydrogens (tertiary/aromatic N) is 2. The second-order valence-electron chi connectivity index (χ2n) is 11.7. The number of rotatable bonds is 13. The molecule has 24 heteroatoms. The Balaban J connectivity index is -0.000000191. The molecule has 0 spiro atoms. The summed E-state index contributed by atoms with van der Waals surface area (Å²) in [5, 5.41) is 28.7. The van der Waals surface area contributed by atoms with Gasteiger partial charge in [-0.2, -0.15) is 0 Å². The summed E-state index contributed by atoms with van der Waals surface area (Å²) in [7, 11) is -2.00. The predicted molar refractivity (Wildman–Crippen MR) is 283 cm³/mol. The van der Waals surface area contributed by atoms with Crippen molar-refractivity contribution in [2.24, 2.45) is 0 Å². The summed E-state index contributed by atoms with van der Waals surface area (Å²) in [6, 6.07) is 27.1. The van der Waals surface area contributed by atoms with Crippen LogP contribution >= 0.6 is 94.2 Å². The normalized spacial score (nSPS) is 9.07. The molecule has 0 unspecified atom stereocenters. The van der Waals surface area contributed by atoms with Gasteiger partial charge in [0.25, 0.3) is 6.47 Å². The first kappa shape index (κ1) is 74.7. The topological polar surface area (TPSA) is 187 Å². The SMILES string of the molecule is BrCc1ccc(Br)cn1.C.CCOc1ccc(C=O)c(Cl)c1.CCOc1ccc(O)c(Cl)c1.CCOc1ccc(OCc2ccc(Br)cn2)c(Cl)c1.O=CO[O-].O=Cc1ccc(O)cc1Cl.[2H]CF.[2H]CF.[H-].[K+].[K+]. The van der Waals surface area contributed by atoms with Crippen molar-refractivity contribution in [2.75, 3.05) is 34.1 Å². The van der Waals surface area contributed by atoms with Crippen LogP contribution in [0.15, 0.2) is 118 Å². The summed E-state index contributed by atoms with van der Waals surface area (Å²) in [4.78, 5) is 40.1. The molecule has 0 aliphatic heterocycles. The third-order valence-electron chi connectivity index (χ3n) is 7.09. The van der Waals surface area contributed by atoms with Gasteiger partial charge in [-0.05, 0) is 138 Å². The molecule has 2 heterocycles. The molecule has 0 saturated heterocycles. The number of ether oxygens (including phenoxy) is 4. The van der Waals surface area contributed by atoms with Gasteiger partial charge in [0.1, 0.15) is 41.1 Å². The summed E-state index contributed by atoms with van der Waals surface area (Å²) < 4.78 is 54.3. The minimum Gasteiger partial charge on any atom is -1.00 e. The van der Waals surface area contributed by atoms with E-state index in [4.69, 9.17) is 88.4 Å². The van der Waals surface area contributed by atoms with E-state index in [0.717, 1.165) is 37.7 Å². The number of phenolic OH excluding ortho intramolecular Hbond substituents is 2. The zero-order valence-corrected chi connectivity index (χ0v) is 53.0. The molecule has 4 aromatic carbocycles. The Morgan fingerprint density at radius 2 is 1.04 bits per heavy atom. The molecule has 0 fully saturated rings. The maximum atomic E-state index is 10.4. The van der Waals surface area contributed by atoms with E-state index in [-0.39, 0.29) is 135 Å². The number of hydrogen-bond acceptors (Lipinski definition) is 13. The first-order valence-electron chi connectivity index (χ1n) is 20.6. The van der Waals surface area contributed by atoms with E-state index in [2.05, 4.69) is 62.6 Å². The van der Waals surface area contributed by atoms with Crippen molar-refractivity contribution in [1.29, 1.82) is 0 Å². The zero-order valence-electron chi connectivity index (χ0n) is 41.9. The fraction of sp³-hybridized carbons (Fsp3) is 0.229. The van der Waals surface area contributed by atoms with E-state index in [1.807, 2.05) is 51.1 Å². The first-order valence-corrected chi connectivity index (χ1v) is 23.4. The molecule has 13 nitrogen and oxygen atoms in total. The zero-order chi connectivity index (χ0) is 54.0. The summed E-state index contributed by atoms with van der Waals surface area (Å²) >= 11 is 33.0. The molecule has 0 radical (unpaired) electrons. The van der Waals surface area contributed by atoms with Gasteiger partial charge in [-0.15, -0.1) is 0 Å². The van der Waals surface area contributed by atoms with Gasteiger partial charge in [-0.1, -0.05) is 69.8 Å². The number of carbonyl (C=O) groups is 3. The van der Waals surface area contributed by atoms with Gasteiger partial charge in [0.05, 0.1) is 68.3 Å². The Bertz CT molecular complexity index is 2400. The van der Waals surface area contributed by atoms with Crippen molar-refractivity contribution in [3.8, 4) is 34.5 Å². The van der Waals surface area contributed by atoms with Crippen molar-refractivity contribution in [3.05, 3.63) is 161 Å². The smallest absolute Gasteiger partial charge is 1.00 e. The fourth-order valence-corrected chi connectivity index (χ4v) is 5.83. The molecule has 0 atom stereocenters. The Kier molecular flexibility index (Phi) is 53.5. The van der Waals surface area contributed by atoms with E-state index in [0.29, 0.717) is 76.2 Å². The molecular weight excluding hydrogens is 1280 g/mol. The van der Waals surface area contributed by atoms with Gasteiger partial charge in [0.2, 0.25) is 0 Å². The van der Waals surface area contributed by atoms with Crippen molar-refractivity contribution >= 4 is 113 Å². The number of pyridine rings is 2. The summed E-state index contributed by atoms with van der Waals surface area (Å²) in [6.45, 7) is 7.71. The van der Waals surface area contributed by atoms with Crippen molar-refractivity contribution in [2.45, 2.75) is 40.1 Å². The summed E-state index contributed by atoms with van der Waals surface area (Å²) in [5.74, 6) is 2.87. The third kappa shape index (κ3) is 37.3. The van der Waals surface area contributed by atoms with E-state index >= 15 is 0 Å². The number of halogens is 9. The van der Waals surface area contributed by atoms with Crippen LogP contribution in [0.25, 0.3) is 0 Å². The first-order chi connectivity index (χ1) is 34.0. The van der Waals surface area contributed by atoms with Crippen LogP contribution in [-0.2, 0) is 21.6 Å². The Labute approximate surface area is 554 Å². The minimum atomic E-state index is -1.00. The number of alkyl halides is 3. The molecule has 6 aromatic rings. The second kappa shape index (κ2) is 51.6. The van der Waals surface area contributed by atoms with E-state index in [9.17, 15) is 18.4 Å². The van der Waals surface area contributed by atoms with Crippen LogP contribution in [-0.4, -0.2) is 73.4 Å². The predicted octanol–water partition coefficient (Wildman–Crippen LogP) is 8.43. The van der Waals surface area contributed by atoms with Gasteiger partial charge in [0.15, 0.2) is 12.6 Å². The van der Waals surface area contributed by atoms with Crippen LogP contribution in [0.2, 0.25) is 20.1 Å². The van der Waals surface area contributed by atoms with Gasteiger partial charge < -0.3 is 40.7 Å². The number of carbonyl (C=O) groups excluding carboxylic acids is 3. The number of aromatic nitrogens is 2. The number of benzene rings is 4. The van der Waals surface area contributed by atoms with E-state index in [1.54, 1.807) is 54.9 Å². The summed E-state index contributed by atoms with van der Waals surface area (Å²) in [5.41, 5.74) is 2.77. The van der Waals surface area contributed by atoms with Gasteiger partial charge >= 0.3 is 103 Å². The monoisotopic (exact) mass is 1330 g/mol. The second-order valence-corrected chi connectivity index (χ2v) is 15.7. The molecular formula is C48H53Br3Cl4F2K2N2O11. The molecule has 2 N–H and O–H groups in total. The average molecular weight is 1330 g/mol. The molecule has 386 valence electrons. The molecule has 0 aliphatic rings. The molecule has 6 rings (SSSR count). The molecule has 2 aromatic heterocycles.